The van der Waals surface area contributed by atoms with Crippen LogP contribution in [0.5, 0.6) is 5.75 Å². The zero-order chi connectivity index (χ0) is 13.8. The molecule has 1 aliphatic rings. The Morgan fingerprint density at radius 1 is 1.37 bits per heavy atom. The van der Waals surface area contributed by atoms with Gasteiger partial charge in [0.15, 0.2) is 0 Å². The first-order valence-corrected chi connectivity index (χ1v) is 7.56. The van der Waals surface area contributed by atoms with Gasteiger partial charge in [0.05, 0.1) is 7.11 Å². The SMILES string of the molecule is CCC1CCCC1NC(C)c1cc(C)ccc1OC. The van der Waals surface area contributed by atoms with Gasteiger partial charge in [-0.05, 0) is 38.7 Å². The second-order valence-corrected chi connectivity index (χ2v) is 5.84. The van der Waals surface area contributed by atoms with Crippen LogP contribution in [0.1, 0.15) is 56.7 Å². The fraction of sp³-hybridized carbons (Fsp3) is 0.647. The molecule has 1 aromatic rings. The summed E-state index contributed by atoms with van der Waals surface area (Å²) < 4.78 is 5.50. The van der Waals surface area contributed by atoms with E-state index in [-0.39, 0.29) is 0 Å². The summed E-state index contributed by atoms with van der Waals surface area (Å²) in [6, 6.07) is 7.46. The third-order valence-electron chi connectivity index (χ3n) is 4.50. The smallest absolute Gasteiger partial charge is 0.123 e. The van der Waals surface area contributed by atoms with Crippen molar-refractivity contribution < 1.29 is 4.74 Å². The molecular formula is C17H27NO. The molecule has 106 valence electrons. The third-order valence-corrected chi connectivity index (χ3v) is 4.50. The molecule has 1 saturated carbocycles. The Morgan fingerprint density at radius 3 is 2.84 bits per heavy atom. The van der Waals surface area contributed by atoms with Crippen LogP contribution in [0, 0.1) is 12.8 Å². The van der Waals surface area contributed by atoms with Crippen molar-refractivity contribution in [2.75, 3.05) is 7.11 Å². The van der Waals surface area contributed by atoms with Crippen LogP contribution in [0.3, 0.4) is 0 Å². The van der Waals surface area contributed by atoms with Crippen molar-refractivity contribution in [3.8, 4) is 5.75 Å². The number of nitrogens with one attached hydrogen (secondary N) is 1. The Balaban J connectivity index is 2.11. The zero-order valence-corrected chi connectivity index (χ0v) is 12.7. The molecule has 0 heterocycles. The molecule has 0 aliphatic heterocycles. The van der Waals surface area contributed by atoms with E-state index in [4.69, 9.17) is 4.74 Å². The molecule has 3 unspecified atom stereocenters. The molecule has 0 amide bonds. The van der Waals surface area contributed by atoms with E-state index in [0.717, 1.165) is 11.7 Å². The molecule has 0 bridgehead atoms. The Bertz CT molecular complexity index is 416. The van der Waals surface area contributed by atoms with Gasteiger partial charge in [-0.15, -0.1) is 0 Å². The van der Waals surface area contributed by atoms with Gasteiger partial charge in [-0.1, -0.05) is 37.5 Å². The van der Waals surface area contributed by atoms with Gasteiger partial charge in [-0.2, -0.15) is 0 Å². The monoisotopic (exact) mass is 261 g/mol. The summed E-state index contributed by atoms with van der Waals surface area (Å²) in [5.41, 5.74) is 2.58. The lowest BCUT2D eigenvalue weighted by molar-refractivity contribution is 0.349. The van der Waals surface area contributed by atoms with E-state index in [1.54, 1.807) is 7.11 Å². The van der Waals surface area contributed by atoms with E-state index < -0.39 is 0 Å². The summed E-state index contributed by atoms with van der Waals surface area (Å²) >= 11 is 0. The number of aryl methyl sites for hydroxylation is 1. The molecule has 2 rings (SSSR count). The first kappa shape index (κ1) is 14.4. The van der Waals surface area contributed by atoms with E-state index in [0.29, 0.717) is 12.1 Å². The molecule has 0 radical (unpaired) electrons. The van der Waals surface area contributed by atoms with E-state index in [1.165, 1.54) is 36.8 Å². The Kier molecular flexibility index (Phi) is 4.87. The predicted molar refractivity (Wildman–Crippen MR) is 80.7 cm³/mol. The average molecular weight is 261 g/mol. The molecule has 1 fully saturated rings. The largest absolute Gasteiger partial charge is 0.496 e. The third kappa shape index (κ3) is 3.30. The predicted octanol–water partition coefficient (Wildman–Crippen LogP) is 4.23. The standard InChI is InChI=1S/C17H27NO/c1-5-14-7-6-8-16(14)18-13(3)15-11-12(2)9-10-17(15)19-4/h9-11,13-14,16,18H,5-8H2,1-4H3. The van der Waals surface area contributed by atoms with Crippen LogP contribution >= 0.6 is 0 Å². The Labute approximate surface area is 117 Å². The average Bonchev–Trinajstić information content (AvgIpc) is 2.85. The highest BCUT2D eigenvalue weighted by atomic mass is 16.5. The number of hydrogen-bond acceptors (Lipinski definition) is 2. The van der Waals surface area contributed by atoms with Crippen molar-refractivity contribution in [2.45, 2.75) is 58.5 Å². The molecule has 0 saturated heterocycles. The van der Waals surface area contributed by atoms with Gasteiger partial charge in [0.1, 0.15) is 5.75 Å². The second-order valence-electron chi connectivity index (χ2n) is 5.84. The van der Waals surface area contributed by atoms with Crippen LogP contribution in [0.2, 0.25) is 0 Å². The van der Waals surface area contributed by atoms with Gasteiger partial charge in [-0.3, -0.25) is 0 Å². The quantitative estimate of drug-likeness (QED) is 0.856. The normalized spacial score (nSPS) is 24.4. The van der Waals surface area contributed by atoms with Gasteiger partial charge in [0.25, 0.3) is 0 Å². The fourth-order valence-corrected chi connectivity index (χ4v) is 3.35. The number of rotatable bonds is 5. The maximum Gasteiger partial charge on any atom is 0.123 e. The van der Waals surface area contributed by atoms with Crippen molar-refractivity contribution >= 4 is 0 Å². The summed E-state index contributed by atoms with van der Waals surface area (Å²) in [6.07, 6.45) is 5.35. The fourth-order valence-electron chi connectivity index (χ4n) is 3.35. The highest BCUT2D eigenvalue weighted by Gasteiger charge is 2.27. The molecule has 1 aromatic carbocycles. The van der Waals surface area contributed by atoms with Gasteiger partial charge in [0.2, 0.25) is 0 Å². The lowest BCUT2D eigenvalue weighted by Gasteiger charge is -2.26. The minimum atomic E-state index is 0.354. The van der Waals surface area contributed by atoms with Crippen LogP contribution < -0.4 is 10.1 Å². The number of ether oxygens (including phenoxy) is 1. The first-order valence-electron chi connectivity index (χ1n) is 7.56. The molecule has 19 heavy (non-hydrogen) atoms. The second kappa shape index (κ2) is 6.42. The van der Waals surface area contributed by atoms with Crippen LogP contribution in [0.4, 0.5) is 0 Å². The van der Waals surface area contributed by atoms with Gasteiger partial charge in [-0.25, -0.2) is 0 Å². The van der Waals surface area contributed by atoms with Gasteiger partial charge >= 0.3 is 0 Å². The van der Waals surface area contributed by atoms with Crippen LogP contribution in [0.15, 0.2) is 18.2 Å². The molecule has 1 aliphatic carbocycles. The summed E-state index contributed by atoms with van der Waals surface area (Å²) in [5.74, 6) is 1.84. The highest BCUT2D eigenvalue weighted by Crippen LogP contribution is 2.32. The van der Waals surface area contributed by atoms with E-state index in [9.17, 15) is 0 Å². The molecule has 1 N–H and O–H groups in total. The topological polar surface area (TPSA) is 21.3 Å². The zero-order valence-electron chi connectivity index (χ0n) is 12.7. The lowest BCUT2D eigenvalue weighted by atomic mass is 9.98. The van der Waals surface area contributed by atoms with Crippen molar-refractivity contribution in [2.24, 2.45) is 5.92 Å². The molecule has 0 spiro atoms. The van der Waals surface area contributed by atoms with Crippen molar-refractivity contribution in [1.29, 1.82) is 0 Å². The molecule has 0 aromatic heterocycles. The molecule has 2 nitrogen and oxygen atoms in total. The molecule has 3 atom stereocenters. The number of methoxy groups -OCH3 is 1. The summed E-state index contributed by atoms with van der Waals surface area (Å²) in [7, 11) is 1.76. The summed E-state index contributed by atoms with van der Waals surface area (Å²) in [5, 5.41) is 3.82. The Hall–Kier alpha value is -1.02. The van der Waals surface area contributed by atoms with Crippen LogP contribution in [-0.4, -0.2) is 13.2 Å². The van der Waals surface area contributed by atoms with Crippen molar-refractivity contribution in [3.05, 3.63) is 29.3 Å². The van der Waals surface area contributed by atoms with E-state index in [2.05, 4.69) is 44.3 Å². The van der Waals surface area contributed by atoms with E-state index >= 15 is 0 Å². The summed E-state index contributed by atoms with van der Waals surface area (Å²) in [6.45, 7) is 6.70. The Morgan fingerprint density at radius 2 is 2.16 bits per heavy atom. The maximum absolute atomic E-state index is 5.50. The van der Waals surface area contributed by atoms with Gasteiger partial charge < -0.3 is 10.1 Å². The highest BCUT2D eigenvalue weighted by molar-refractivity contribution is 5.38. The summed E-state index contributed by atoms with van der Waals surface area (Å²) in [4.78, 5) is 0. The maximum atomic E-state index is 5.50. The minimum absolute atomic E-state index is 0.354. The lowest BCUT2D eigenvalue weighted by Crippen LogP contribution is -2.34. The molecular weight excluding hydrogens is 234 g/mol. The van der Waals surface area contributed by atoms with Crippen molar-refractivity contribution in [1.82, 2.24) is 5.32 Å². The van der Waals surface area contributed by atoms with Gasteiger partial charge in [0, 0.05) is 17.6 Å². The minimum Gasteiger partial charge on any atom is -0.496 e. The van der Waals surface area contributed by atoms with Crippen LogP contribution in [-0.2, 0) is 0 Å². The molecule has 2 heteroatoms. The van der Waals surface area contributed by atoms with E-state index in [1.807, 2.05) is 0 Å². The van der Waals surface area contributed by atoms with Crippen LogP contribution in [0.25, 0.3) is 0 Å². The van der Waals surface area contributed by atoms with Crippen molar-refractivity contribution in [3.63, 3.8) is 0 Å². The first-order chi connectivity index (χ1) is 9.15. The number of hydrogen-bond donors (Lipinski definition) is 1. The number of benzene rings is 1.